The van der Waals surface area contributed by atoms with E-state index in [2.05, 4.69) is 29.4 Å². The molecule has 1 heterocycles. The van der Waals surface area contributed by atoms with Gasteiger partial charge in [0.15, 0.2) is 0 Å². The van der Waals surface area contributed by atoms with Crippen LogP contribution in [0.25, 0.3) is 0 Å². The first-order valence-electron chi connectivity index (χ1n) is 7.32. The summed E-state index contributed by atoms with van der Waals surface area (Å²) in [5.41, 5.74) is 2.05. The molecule has 0 radical (unpaired) electrons. The SMILES string of the molecule is CN(Cc1ccc(Cl)cc1)CC1CC12CCNCC2. The molecular weight excluding hydrogens is 256 g/mol. The molecule has 0 bridgehead atoms. The normalized spacial score (nSPS) is 24.9. The molecule has 1 atom stereocenters. The first kappa shape index (κ1) is 13.4. The second kappa shape index (κ2) is 5.43. The molecule has 2 fully saturated rings. The molecule has 2 nitrogen and oxygen atoms in total. The molecule has 1 aromatic rings. The smallest absolute Gasteiger partial charge is 0.0406 e. The highest BCUT2D eigenvalue weighted by Gasteiger charge is 2.53. The predicted octanol–water partition coefficient (Wildman–Crippen LogP) is 3.16. The van der Waals surface area contributed by atoms with Crippen LogP contribution in [0.2, 0.25) is 5.02 Å². The minimum absolute atomic E-state index is 0.694. The number of nitrogens with one attached hydrogen (secondary N) is 1. The molecule has 1 N–H and O–H groups in total. The van der Waals surface area contributed by atoms with Gasteiger partial charge < -0.3 is 10.2 Å². The Morgan fingerprint density at radius 3 is 2.63 bits per heavy atom. The van der Waals surface area contributed by atoms with E-state index < -0.39 is 0 Å². The molecular formula is C16H23ClN2. The third-order valence-corrected chi connectivity index (χ3v) is 5.11. The van der Waals surface area contributed by atoms with Crippen molar-refractivity contribution in [3.05, 3.63) is 34.9 Å². The van der Waals surface area contributed by atoms with Gasteiger partial charge in [-0.25, -0.2) is 0 Å². The minimum Gasteiger partial charge on any atom is -0.317 e. The molecule has 1 saturated carbocycles. The topological polar surface area (TPSA) is 15.3 Å². The fourth-order valence-electron chi connectivity index (χ4n) is 3.57. The largest absolute Gasteiger partial charge is 0.317 e. The van der Waals surface area contributed by atoms with Gasteiger partial charge in [-0.1, -0.05) is 23.7 Å². The number of piperidine rings is 1. The maximum absolute atomic E-state index is 5.92. The van der Waals surface area contributed by atoms with Gasteiger partial charge in [-0.05, 0) is 68.4 Å². The van der Waals surface area contributed by atoms with Crippen molar-refractivity contribution in [1.82, 2.24) is 10.2 Å². The lowest BCUT2D eigenvalue weighted by Gasteiger charge is -2.25. The van der Waals surface area contributed by atoms with Crippen molar-refractivity contribution in [2.24, 2.45) is 11.3 Å². The lowest BCUT2D eigenvalue weighted by molar-refractivity contribution is 0.257. The summed E-state index contributed by atoms with van der Waals surface area (Å²) in [6.07, 6.45) is 4.21. The quantitative estimate of drug-likeness (QED) is 0.910. The van der Waals surface area contributed by atoms with Crippen LogP contribution in [0.3, 0.4) is 0 Å². The van der Waals surface area contributed by atoms with Gasteiger partial charge in [0.2, 0.25) is 0 Å². The number of hydrogen-bond donors (Lipinski definition) is 1. The van der Waals surface area contributed by atoms with Crippen LogP contribution in [0.5, 0.6) is 0 Å². The Kier molecular flexibility index (Phi) is 3.84. The van der Waals surface area contributed by atoms with Crippen LogP contribution in [0.15, 0.2) is 24.3 Å². The second-order valence-electron chi connectivity index (χ2n) is 6.34. The standard InChI is InChI=1S/C16H23ClN2/c1-19(11-13-2-4-15(17)5-3-13)12-14-10-16(14)6-8-18-9-7-16/h2-5,14,18H,6-12H2,1H3. The van der Waals surface area contributed by atoms with Crippen LogP contribution in [-0.4, -0.2) is 31.6 Å². The minimum atomic E-state index is 0.694. The van der Waals surface area contributed by atoms with Crippen LogP contribution in [0.4, 0.5) is 0 Å². The zero-order valence-corrected chi connectivity index (χ0v) is 12.4. The average Bonchev–Trinajstić information content (AvgIpc) is 3.04. The average molecular weight is 279 g/mol. The number of benzene rings is 1. The molecule has 0 aromatic heterocycles. The van der Waals surface area contributed by atoms with Gasteiger partial charge in [0.1, 0.15) is 0 Å². The summed E-state index contributed by atoms with van der Waals surface area (Å²) in [7, 11) is 2.24. The highest BCUT2D eigenvalue weighted by molar-refractivity contribution is 6.30. The summed E-state index contributed by atoms with van der Waals surface area (Å²) >= 11 is 5.92. The molecule has 104 valence electrons. The van der Waals surface area contributed by atoms with Crippen LogP contribution in [0, 0.1) is 11.3 Å². The fourth-order valence-corrected chi connectivity index (χ4v) is 3.70. The van der Waals surface area contributed by atoms with Crippen LogP contribution in [0.1, 0.15) is 24.8 Å². The lowest BCUT2D eigenvalue weighted by atomic mass is 9.92. The fraction of sp³-hybridized carbons (Fsp3) is 0.625. The molecule has 3 heteroatoms. The Morgan fingerprint density at radius 2 is 1.95 bits per heavy atom. The van der Waals surface area contributed by atoms with Gasteiger partial charge in [-0.15, -0.1) is 0 Å². The molecule has 2 aliphatic rings. The van der Waals surface area contributed by atoms with Gasteiger partial charge in [0.05, 0.1) is 0 Å². The zero-order valence-electron chi connectivity index (χ0n) is 11.7. The number of hydrogen-bond acceptors (Lipinski definition) is 2. The van der Waals surface area contributed by atoms with Gasteiger partial charge in [0.25, 0.3) is 0 Å². The van der Waals surface area contributed by atoms with Gasteiger partial charge in [-0.3, -0.25) is 0 Å². The summed E-state index contributed by atoms with van der Waals surface area (Å²) in [5.74, 6) is 0.923. The van der Waals surface area contributed by atoms with Crippen LogP contribution in [-0.2, 0) is 6.54 Å². The predicted molar refractivity (Wildman–Crippen MR) is 80.4 cm³/mol. The first-order valence-corrected chi connectivity index (χ1v) is 7.69. The van der Waals surface area contributed by atoms with Crippen molar-refractivity contribution < 1.29 is 0 Å². The van der Waals surface area contributed by atoms with Crippen molar-refractivity contribution in [2.75, 3.05) is 26.7 Å². The maximum Gasteiger partial charge on any atom is 0.0406 e. The summed E-state index contributed by atoms with van der Waals surface area (Å²) in [6.45, 7) is 4.71. The van der Waals surface area contributed by atoms with Crippen molar-refractivity contribution in [3.8, 4) is 0 Å². The van der Waals surface area contributed by atoms with Crippen LogP contribution >= 0.6 is 11.6 Å². The van der Waals surface area contributed by atoms with Crippen molar-refractivity contribution in [2.45, 2.75) is 25.8 Å². The third kappa shape index (κ3) is 3.13. The highest BCUT2D eigenvalue weighted by Crippen LogP contribution is 2.58. The molecule has 0 amide bonds. The Hall–Kier alpha value is -0.570. The molecule has 1 spiro atoms. The van der Waals surface area contributed by atoms with Gasteiger partial charge in [-0.2, -0.15) is 0 Å². The second-order valence-corrected chi connectivity index (χ2v) is 6.77. The molecule has 1 aliphatic heterocycles. The van der Waals surface area contributed by atoms with E-state index >= 15 is 0 Å². The van der Waals surface area contributed by atoms with E-state index in [0.717, 1.165) is 17.5 Å². The third-order valence-electron chi connectivity index (χ3n) is 4.86. The first-order chi connectivity index (χ1) is 9.18. The zero-order chi connectivity index (χ0) is 13.3. The molecule has 1 saturated heterocycles. The van der Waals surface area contributed by atoms with Crippen molar-refractivity contribution >= 4 is 11.6 Å². The van der Waals surface area contributed by atoms with E-state index in [0.29, 0.717) is 5.41 Å². The van der Waals surface area contributed by atoms with E-state index in [1.807, 2.05) is 12.1 Å². The summed E-state index contributed by atoms with van der Waals surface area (Å²) in [5, 5.41) is 4.29. The Bertz CT molecular complexity index is 423. The summed E-state index contributed by atoms with van der Waals surface area (Å²) < 4.78 is 0. The van der Waals surface area contributed by atoms with Crippen molar-refractivity contribution in [1.29, 1.82) is 0 Å². The summed E-state index contributed by atoms with van der Waals surface area (Å²) in [6, 6.07) is 8.23. The Morgan fingerprint density at radius 1 is 1.26 bits per heavy atom. The molecule has 1 aromatic carbocycles. The lowest BCUT2D eigenvalue weighted by Crippen LogP contribution is -2.31. The monoisotopic (exact) mass is 278 g/mol. The van der Waals surface area contributed by atoms with E-state index in [4.69, 9.17) is 11.6 Å². The number of nitrogens with zero attached hydrogens (tertiary/aromatic N) is 1. The number of rotatable bonds is 4. The molecule has 19 heavy (non-hydrogen) atoms. The van der Waals surface area contributed by atoms with E-state index in [9.17, 15) is 0 Å². The Labute approximate surface area is 121 Å². The van der Waals surface area contributed by atoms with E-state index in [1.165, 1.54) is 44.5 Å². The molecule has 3 rings (SSSR count). The van der Waals surface area contributed by atoms with Gasteiger partial charge >= 0.3 is 0 Å². The molecule has 1 unspecified atom stereocenters. The van der Waals surface area contributed by atoms with Gasteiger partial charge in [0, 0.05) is 18.1 Å². The summed E-state index contributed by atoms with van der Waals surface area (Å²) in [4.78, 5) is 2.46. The molecule has 1 aliphatic carbocycles. The maximum atomic E-state index is 5.92. The van der Waals surface area contributed by atoms with Crippen LogP contribution < -0.4 is 5.32 Å². The highest BCUT2D eigenvalue weighted by atomic mass is 35.5. The van der Waals surface area contributed by atoms with Crippen molar-refractivity contribution in [3.63, 3.8) is 0 Å². The van der Waals surface area contributed by atoms with E-state index in [-0.39, 0.29) is 0 Å². The Balaban J connectivity index is 1.49. The number of halogens is 1. The van der Waals surface area contributed by atoms with E-state index in [1.54, 1.807) is 0 Å².